The Labute approximate surface area is 131 Å². The Balaban J connectivity index is 2.36. The maximum absolute atomic E-state index is 13.8. The van der Waals surface area contributed by atoms with E-state index in [0.29, 0.717) is 5.92 Å². The van der Waals surface area contributed by atoms with Crippen molar-refractivity contribution in [2.75, 3.05) is 11.4 Å². The molecule has 0 amide bonds. The molecule has 0 aliphatic rings. The molecule has 2 aromatic carbocycles. The predicted molar refractivity (Wildman–Crippen MR) is 87.1 cm³/mol. The Morgan fingerprint density at radius 1 is 1.09 bits per heavy atom. The third-order valence-electron chi connectivity index (χ3n) is 3.91. The van der Waals surface area contributed by atoms with Crippen molar-refractivity contribution >= 4 is 15.7 Å². The van der Waals surface area contributed by atoms with Gasteiger partial charge in [-0.3, -0.25) is 4.31 Å². The van der Waals surface area contributed by atoms with Crippen LogP contribution in [-0.2, 0) is 10.0 Å². The van der Waals surface area contributed by atoms with Crippen molar-refractivity contribution in [1.82, 2.24) is 0 Å². The molecular weight excluding hydrogens is 301 g/mol. The van der Waals surface area contributed by atoms with Gasteiger partial charge in [0.1, 0.15) is 5.82 Å². The average Bonchev–Trinajstić information content (AvgIpc) is 2.54. The van der Waals surface area contributed by atoms with Gasteiger partial charge in [-0.2, -0.15) is 0 Å². The number of hydrogen-bond donors (Lipinski definition) is 0. The van der Waals surface area contributed by atoms with Gasteiger partial charge in [0.05, 0.1) is 10.6 Å². The van der Waals surface area contributed by atoms with Crippen LogP contribution in [0.3, 0.4) is 0 Å². The molecule has 0 heterocycles. The Bertz CT molecular complexity index is 742. The molecule has 2 rings (SSSR count). The predicted octanol–water partition coefficient (Wildman–Crippen LogP) is 4.16. The molecule has 0 spiro atoms. The number of nitrogens with zero attached hydrogens (tertiary/aromatic N) is 1. The van der Waals surface area contributed by atoms with Crippen molar-refractivity contribution in [1.29, 1.82) is 0 Å². The lowest BCUT2D eigenvalue weighted by Crippen LogP contribution is -2.27. The third kappa shape index (κ3) is 3.14. The standard InChI is InChI=1S/C17H20FNO2S/c1-4-13(2)14-9-11-15(12-10-14)22(20,21)19(3)17-8-6-5-7-16(17)18/h5-13H,4H2,1-3H3. The lowest BCUT2D eigenvalue weighted by molar-refractivity contribution is 0.589. The second kappa shape index (κ2) is 6.48. The van der Waals surface area contributed by atoms with Crippen LogP contribution in [0, 0.1) is 5.82 Å². The second-order valence-corrected chi connectivity index (χ2v) is 7.27. The third-order valence-corrected chi connectivity index (χ3v) is 5.70. The first kappa shape index (κ1) is 16.5. The Morgan fingerprint density at radius 2 is 1.68 bits per heavy atom. The Hall–Kier alpha value is -1.88. The lowest BCUT2D eigenvalue weighted by Gasteiger charge is -2.20. The highest BCUT2D eigenvalue weighted by Crippen LogP contribution is 2.26. The summed E-state index contributed by atoms with van der Waals surface area (Å²) in [7, 11) is -2.41. The first-order chi connectivity index (χ1) is 10.4. The van der Waals surface area contributed by atoms with E-state index in [9.17, 15) is 12.8 Å². The van der Waals surface area contributed by atoms with Gasteiger partial charge in [0.15, 0.2) is 0 Å². The summed E-state index contributed by atoms with van der Waals surface area (Å²) < 4.78 is 40.0. The van der Waals surface area contributed by atoms with Crippen LogP contribution in [0.2, 0.25) is 0 Å². The topological polar surface area (TPSA) is 37.4 Å². The number of rotatable bonds is 5. The first-order valence-corrected chi connectivity index (χ1v) is 8.65. The minimum Gasteiger partial charge on any atom is -0.266 e. The number of para-hydroxylation sites is 1. The summed E-state index contributed by atoms with van der Waals surface area (Å²) >= 11 is 0. The molecule has 0 bridgehead atoms. The molecule has 0 saturated heterocycles. The molecule has 2 aromatic rings. The Kier molecular flexibility index (Phi) is 4.86. The van der Waals surface area contributed by atoms with E-state index in [1.54, 1.807) is 18.2 Å². The summed E-state index contributed by atoms with van der Waals surface area (Å²) in [5.74, 6) is -0.189. The smallest absolute Gasteiger partial charge is 0.264 e. The highest BCUT2D eigenvalue weighted by molar-refractivity contribution is 7.92. The van der Waals surface area contributed by atoms with E-state index < -0.39 is 15.8 Å². The van der Waals surface area contributed by atoms with E-state index in [-0.39, 0.29) is 10.6 Å². The van der Waals surface area contributed by atoms with Gasteiger partial charge in [-0.15, -0.1) is 0 Å². The minimum atomic E-state index is -3.77. The van der Waals surface area contributed by atoms with Crippen LogP contribution in [0.5, 0.6) is 0 Å². The van der Waals surface area contributed by atoms with Crippen LogP contribution >= 0.6 is 0 Å². The molecule has 0 aromatic heterocycles. The molecule has 0 fully saturated rings. The molecule has 0 radical (unpaired) electrons. The summed E-state index contributed by atoms with van der Waals surface area (Å²) in [6, 6.07) is 12.6. The fourth-order valence-corrected chi connectivity index (χ4v) is 3.40. The number of hydrogen-bond acceptors (Lipinski definition) is 2. The van der Waals surface area contributed by atoms with Crippen LogP contribution in [-0.4, -0.2) is 15.5 Å². The van der Waals surface area contributed by atoms with Crippen LogP contribution < -0.4 is 4.31 Å². The minimum absolute atomic E-state index is 0.0357. The van der Waals surface area contributed by atoms with Crippen molar-refractivity contribution in [3.63, 3.8) is 0 Å². The molecule has 118 valence electrons. The van der Waals surface area contributed by atoms with Gasteiger partial charge >= 0.3 is 0 Å². The molecule has 1 unspecified atom stereocenters. The quantitative estimate of drug-likeness (QED) is 0.829. The monoisotopic (exact) mass is 321 g/mol. The van der Waals surface area contributed by atoms with Gasteiger partial charge in [0, 0.05) is 7.05 Å². The van der Waals surface area contributed by atoms with Gasteiger partial charge in [-0.1, -0.05) is 38.1 Å². The van der Waals surface area contributed by atoms with E-state index in [2.05, 4.69) is 13.8 Å². The van der Waals surface area contributed by atoms with E-state index in [1.807, 2.05) is 12.1 Å². The molecule has 1 atom stereocenters. The van der Waals surface area contributed by atoms with Crippen LogP contribution in [0.4, 0.5) is 10.1 Å². The van der Waals surface area contributed by atoms with Crippen LogP contribution in [0.15, 0.2) is 53.4 Å². The highest BCUT2D eigenvalue weighted by Gasteiger charge is 2.23. The maximum atomic E-state index is 13.8. The van der Waals surface area contributed by atoms with E-state index in [0.717, 1.165) is 16.3 Å². The summed E-state index contributed by atoms with van der Waals surface area (Å²) in [4.78, 5) is 0.158. The number of benzene rings is 2. The first-order valence-electron chi connectivity index (χ1n) is 7.21. The Morgan fingerprint density at radius 3 is 2.23 bits per heavy atom. The van der Waals surface area contributed by atoms with E-state index in [4.69, 9.17) is 0 Å². The van der Waals surface area contributed by atoms with E-state index >= 15 is 0 Å². The normalized spacial score (nSPS) is 12.9. The molecule has 0 aliphatic carbocycles. The van der Waals surface area contributed by atoms with Gasteiger partial charge in [-0.05, 0) is 42.2 Å². The summed E-state index contributed by atoms with van der Waals surface area (Å²) in [5.41, 5.74) is 1.13. The molecule has 5 heteroatoms. The van der Waals surface area contributed by atoms with Gasteiger partial charge in [0.2, 0.25) is 0 Å². The van der Waals surface area contributed by atoms with E-state index in [1.165, 1.54) is 25.2 Å². The summed E-state index contributed by atoms with van der Waals surface area (Å²) in [6.45, 7) is 4.18. The van der Waals surface area contributed by atoms with Gasteiger partial charge in [0.25, 0.3) is 10.0 Å². The summed E-state index contributed by atoms with van der Waals surface area (Å²) in [5, 5.41) is 0. The number of halogens is 1. The van der Waals surface area contributed by atoms with Gasteiger partial charge < -0.3 is 0 Å². The SMILES string of the molecule is CCC(C)c1ccc(S(=O)(=O)N(C)c2ccccc2F)cc1. The maximum Gasteiger partial charge on any atom is 0.264 e. The van der Waals surface area contributed by atoms with Crippen molar-refractivity contribution in [2.45, 2.75) is 31.1 Å². The fraction of sp³-hybridized carbons (Fsp3) is 0.294. The molecule has 22 heavy (non-hydrogen) atoms. The van der Waals surface area contributed by atoms with Crippen molar-refractivity contribution < 1.29 is 12.8 Å². The zero-order valence-electron chi connectivity index (χ0n) is 13.0. The molecule has 0 N–H and O–H groups in total. The zero-order chi connectivity index (χ0) is 16.3. The summed E-state index contributed by atoms with van der Waals surface area (Å²) in [6.07, 6.45) is 0.987. The molecular formula is C17H20FNO2S. The average molecular weight is 321 g/mol. The number of sulfonamides is 1. The largest absolute Gasteiger partial charge is 0.266 e. The molecule has 0 saturated carbocycles. The van der Waals surface area contributed by atoms with Crippen molar-refractivity contribution in [2.24, 2.45) is 0 Å². The number of anilines is 1. The zero-order valence-corrected chi connectivity index (χ0v) is 13.8. The lowest BCUT2D eigenvalue weighted by atomic mass is 9.99. The highest BCUT2D eigenvalue weighted by atomic mass is 32.2. The molecule has 3 nitrogen and oxygen atoms in total. The van der Waals surface area contributed by atoms with Crippen LogP contribution in [0.1, 0.15) is 31.7 Å². The van der Waals surface area contributed by atoms with Crippen molar-refractivity contribution in [3.8, 4) is 0 Å². The fourth-order valence-electron chi connectivity index (χ4n) is 2.20. The second-order valence-electron chi connectivity index (χ2n) is 5.30. The van der Waals surface area contributed by atoms with Gasteiger partial charge in [-0.25, -0.2) is 12.8 Å². The van der Waals surface area contributed by atoms with Crippen molar-refractivity contribution in [3.05, 3.63) is 59.9 Å². The molecule has 0 aliphatic heterocycles. The van der Waals surface area contributed by atoms with Crippen LogP contribution in [0.25, 0.3) is 0 Å².